The number of hydrogen-bond acceptors (Lipinski definition) is 6. The van der Waals surface area contributed by atoms with Crippen molar-refractivity contribution in [1.82, 2.24) is 10.2 Å². The van der Waals surface area contributed by atoms with Crippen molar-refractivity contribution in [1.29, 1.82) is 0 Å². The summed E-state index contributed by atoms with van der Waals surface area (Å²) in [5, 5.41) is 5.37. The molecule has 2 aromatic carbocycles. The number of nitrogens with zero attached hydrogens (tertiary/aromatic N) is 1. The predicted molar refractivity (Wildman–Crippen MR) is 108 cm³/mol. The van der Waals surface area contributed by atoms with Gasteiger partial charge in [-0.2, -0.15) is 0 Å². The van der Waals surface area contributed by atoms with Crippen LogP contribution >= 0.6 is 0 Å². The van der Waals surface area contributed by atoms with Crippen molar-refractivity contribution in [3.05, 3.63) is 58.9 Å². The number of fused-ring (bicyclic) bond motifs is 1. The fourth-order valence-electron chi connectivity index (χ4n) is 3.90. The maximum absolute atomic E-state index is 13.7. The summed E-state index contributed by atoms with van der Waals surface area (Å²) in [5.74, 6) is -2.65. The van der Waals surface area contributed by atoms with Gasteiger partial charge in [0.2, 0.25) is 11.8 Å². The lowest BCUT2D eigenvalue weighted by Crippen LogP contribution is -2.54. The summed E-state index contributed by atoms with van der Waals surface area (Å²) in [4.78, 5) is 50.6. The van der Waals surface area contributed by atoms with Crippen LogP contribution in [0.3, 0.4) is 0 Å². The molecule has 2 aliphatic rings. The van der Waals surface area contributed by atoms with Crippen LogP contribution in [0.4, 0.5) is 10.1 Å². The number of methoxy groups -OCH3 is 1. The van der Waals surface area contributed by atoms with Gasteiger partial charge in [0.25, 0.3) is 11.8 Å². The third kappa shape index (κ3) is 3.52. The van der Waals surface area contributed by atoms with Gasteiger partial charge in [-0.3, -0.25) is 29.4 Å². The van der Waals surface area contributed by atoms with Crippen molar-refractivity contribution in [2.75, 3.05) is 12.4 Å². The van der Waals surface area contributed by atoms with Gasteiger partial charge in [-0.25, -0.2) is 4.39 Å². The fraction of sp³-hybridized carbons (Fsp3) is 0.273. The highest BCUT2D eigenvalue weighted by Crippen LogP contribution is 2.34. The van der Waals surface area contributed by atoms with Crippen molar-refractivity contribution in [3.8, 4) is 5.75 Å². The average molecular weight is 425 g/mol. The average Bonchev–Trinajstić information content (AvgIpc) is 3.00. The van der Waals surface area contributed by atoms with Gasteiger partial charge in [0, 0.05) is 18.2 Å². The van der Waals surface area contributed by atoms with Crippen molar-refractivity contribution in [3.63, 3.8) is 0 Å². The van der Waals surface area contributed by atoms with E-state index in [1.54, 1.807) is 24.3 Å². The van der Waals surface area contributed by atoms with Crippen LogP contribution in [0.5, 0.6) is 5.75 Å². The first kappa shape index (κ1) is 20.5. The molecule has 0 aliphatic carbocycles. The first-order chi connectivity index (χ1) is 14.8. The second kappa shape index (κ2) is 7.82. The van der Waals surface area contributed by atoms with E-state index in [0.717, 1.165) is 10.5 Å². The normalized spacial score (nSPS) is 19.2. The number of amides is 4. The zero-order valence-corrected chi connectivity index (χ0v) is 16.9. The van der Waals surface area contributed by atoms with Gasteiger partial charge in [0.1, 0.15) is 6.04 Å². The Morgan fingerprint density at radius 2 is 1.94 bits per heavy atom. The first-order valence-electron chi connectivity index (χ1n) is 9.76. The van der Waals surface area contributed by atoms with Crippen molar-refractivity contribution >= 4 is 29.3 Å². The third-order valence-corrected chi connectivity index (χ3v) is 5.52. The van der Waals surface area contributed by atoms with Crippen molar-refractivity contribution < 1.29 is 28.3 Å². The Labute approximate surface area is 177 Å². The monoisotopic (exact) mass is 425 g/mol. The largest absolute Gasteiger partial charge is 0.494 e. The number of rotatable bonds is 5. The van der Waals surface area contributed by atoms with Gasteiger partial charge in [-0.1, -0.05) is 12.1 Å². The van der Waals surface area contributed by atoms with Crippen molar-refractivity contribution in [2.24, 2.45) is 0 Å². The number of imide groups is 2. The first-order valence-corrected chi connectivity index (χ1v) is 9.76. The molecule has 0 aromatic heterocycles. The number of anilines is 1. The van der Waals surface area contributed by atoms with E-state index in [0.29, 0.717) is 5.69 Å². The second-order valence-electron chi connectivity index (χ2n) is 7.44. The summed E-state index contributed by atoms with van der Waals surface area (Å²) in [5.41, 5.74) is 1.48. The minimum Gasteiger partial charge on any atom is -0.494 e. The lowest BCUT2D eigenvalue weighted by Gasteiger charge is -2.28. The van der Waals surface area contributed by atoms with Gasteiger partial charge in [0.05, 0.1) is 18.2 Å². The van der Waals surface area contributed by atoms with Gasteiger partial charge >= 0.3 is 0 Å². The molecular formula is C22H20FN3O5. The SMILES string of the molecule is COc1cc([C@@H](C)Nc2cccc3c2C(=O)N(C2CCC(=O)NC2=O)C3=O)ccc1F. The second-order valence-corrected chi connectivity index (χ2v) is 7.44. The molecule has 1 saturated heterocycles. The molecule has 1 unspecified atom stereocenters. The highest BCUT2D eigenvalue weighted by Gasteiger charge is 2.45. The Kier molecular flexibility index (Phi) is 5.18. The smallest absolute Gasteiger partial charge is 0.264 e. The molecule has 9 heteroatoms. The maximum Gasteiger partial charge on any atom is 0.264 e. The molecule has 2 N–H and O–H groups in total. The highest BCUT2D eigenvalue weighted by atomic mass is 19.1. The van der Waals surface area contributed by atoms with E-state index in [2.05, 4.69) is 10.6 Å². The number of halogens is 1. The van der Waals surface area contributed by atoms with Crippen LogP contribution in [-0.2, 0) is 9.59 Å². The number of hydrogen-bond donors (Lipinski definition) is 2. The number of carbonyl (C=O) groups is 4. The fourth-order valence-corrected chi connectivity index (χ4v) is 3.90. The molecule has 4 amide bonds. The van der Waals surface area contributed by atoms with Crippen LogP contribution in [0.1, 0.15) is 52.1 Å². The van der Waals surface area contributed by atoms with Crippen LogP contribution < -0.4 is 15.4 Å². The summed E-state index contributed by atoms with van der Waals surface area (Å²) in [6, 6.07) is 7.90. The molecule has 0 bridgehead atoms. The molecule has 2 atom stereocenters. The quantitative estimate of drug-likeness (QED) is 0.713. The minimum atomic E-state index is -1.03. The van der Waals surface area contributed by atoms with E-state index in [4.69, 9.17) is 4.74 Å². The lowest BCUT2D eigenvalue weighted by molar-refractivity contribution is -0.136. The summed E-state index contributed by atoms with van der Waals surface area (Å²) in [6.07, 6.45) is 0.142. The molecule has 1 fully saturated rings. The number of nitrogens with one attached hydrogen (secondary N) is 2. The van der Waals surface area contributed by atoms with Gasteiger partial charge in [-0.15, -0.1) is 0 Å². The molecule has 0 radical (unpaired) electrons. The standard InChI is InChI=1S/C22H20FN3O5/c1-11(12-6-7-14(23)17(10-12)31-2)24-15-5-3-4-13-19(15)22(30)26(21(13)29)16-8-9-18(27)25-20(16)28/h3-7,10-11,16,24H,8-9H2,1-2H3,(H,25,27,28)/t11-,16?/m1/s1. The van der Waals surface area contributed by atoms with Crippen molar-refractivity contribution in [2.45, 2.75) is 31.8 Å². The topological polar surface area (TPSA) is 105 Å². The zero-order valence-electron chi connectivity index (χ0n) is 16.9. The number of benzene rings is 2. The summed E-state index contributed by atoms with van der Waals surface area (Å²) >= 11 is 0. The Hall–Kier alpha value is -3.75. The molecule has 8 nitrogen and oxygen atoms in total. The highest BCUT2D eigenvalue weighted by molar-refractivity contribution is 6.25. The lowest BCUT2D eigenvalue weighted by atomic mass is 10.0. The number of carbonyl (C=O) groups excluding carboxylic acids is 4. The van der Waals surface area contributed by atoms with Crippen LogP contribution in [0.2, 0.25) is 0 Å². The Balaban J connectivity index is 1.63. The summed E-state index contributed by atoms with van der Waals surface area (Å²) in [6.45, 7) is 1.82. The summed E-state index contributed by atoms with van der Waals surface area (Å²) in [7, 11) is 1.37. The Morgan fingerprint density at radius 1 is 1.16 bits per heavy atom. The van der Waals surface area contributed by atoms with E-state index in [-0.39, 0.29) is 35.8 Å². The Morgan fingerprint density at radius 3 is 2.65 bits per heavy atom. The molecule has 160 valence electrons. The zero-order chi connectivity index (χ0) is 22.3. The van der Waals surface area contributed by atoms with Gasteiger partial charge in [0.15, 0.2) is 11.6 Å². The molecule has 2 aromatic rings. The van der Waals surface area contributed by atoms with E-state index >= 15 is 0 Å². The van der Waals surface area contributed by atoms with Gasteiger partial charge in [-0.05, 0) is 43.2 Å². The molecule has 0 spiro atoms. The van der Waals surface area contributed by atoms with Crippen LogP contribution in [0, 0.1) is 5.82 Å². The molecule has 4 rings (SSSR count). The van der Waals surface area contributed by atoms with E-state index < -0.39 is 35.5 Å². The molecule has 0 saturated carbocycles. The molecular weight excluding hydrogens is 405 g/mol. The van der Waals surface area contributed by atoms with Crippen LogP contribution in [0.25, 0.3) is 0 Å². The minimum absolute atomic E-state index is 0.0539. The maximum atomic E-state index is 13.7. The van der Waals surface area contributed by atoms with E-state index in [1.807, 2.05) is 6.92 Å². The summed E-state index contributed by atoms with van der Waals surface area (Å²) < 4.78 is 18.7. The Bertz CT molecular complexity index is 1120. The molecule has 2 heterocycles. The predicted octanol–water partition coefficient (Wildman–Crippen LogP) is 2.41. The third-order valence-electron chi connectivity index (χ3n) is 5.52. The van der Waals surface area contributed by atoms with Gasteiger partial charge < -0.3 is 10.1 Å². The molecule has 31 heavy (non-hydrogen) atoms. The van der Waals surface area contributed by atoms with E-state index in [1.165, 1.54) is 19.2 Å². The van der Waals surface area contributed by atoms with Crippen LogP contribution in [0.15, 0.2) is 36.4 Å². The van der Waals surface area contributed by atoms with E-state index in [9.17, 15) is 23.6 Å². The number of ether oxygens (including phenoxy) is 1. The molecule has 2 aliphatic heterocycles. The number of piperidine rings is 1. The van der Waals surface area contributed by atoms with Crippen LogP contribution in [-0.4, -0.2) is 41.7 Å².